The molecule has 3 nitrogen and oxygen atoms in total. The fraction of sp³-hybridized carbons (Fsp3) is 0.588. The van der Waals surface area contributed by atoms with Crippen molar-refractivity contribution in [2.24, 2.45) is 5.73 Å². The molecule has 2 heterocycles. The van der Waals surface area contributed by atoms with E-state index < -0.39 is 0 Å². The van der Waals surface area contributed by atoms with Gasteiger partial charge in [0.1, 0.15) is 0 Å². The molecule has 1 aromatic rings. The zero-order valence-corrected chi connectivity index (χ0v) is 12.2. The van der Waals surface area contributed by atoms with E-state index in [4.69, 9.17) is 5.73 Å². The molecule has 2 N–H and O–H groups in total. The minimum absolute atomic E-state index is 0.299. The van der Waals surface area contributed by atoms with E-state index in [2.05, 4.69) is 30.0 Å². The van der Waals surface area contributed by atoms with Gasteiger partial charge in [0.2, 0.25) is 5.91 Å². The average molecular weight is 272 g/mol. The number of nitrogens with zero attached hydrogens (tertiary/aromatic N) is 1. The third kappa shape index (κ3) is 2.59. The molecular weight excluding hydrogens is 248 g/mol. The van der Waals surface area contributed by atoms with Gasteiger partial charge in [-0.2, -0.15) is 0 Å². The highest BCUT2D eigenvalue weighted by atomic mass is 16.2. The zero-order valence-electron chi connectivity index (χ0n) is 12.2. The third-order valence-corrected chi connectivity index (χ3v) is 4.93. The van der Waals surface area contributed by atoms with Crippen molar-refractivity contribution in [3.8, 4) is 0 Å². The van der Waals surface area contributed by atoms with E-state index >= 15 is 0 Å². The second-order valence-electron chi connectivity index (χ2n) is 6.34. The highest BCUT2D eigenvalue weighted by Gasteiger charge is 2.41. The SMILES string of the molecule is Cc1ccccc1CCC(=O)N1C2CCC1CC(N)C2. The molecule has 1 amide bonds. The molecule has 2 fully saturated rings. The number of carbonyl (C=O) groups excluding carboxylic acids is 1. The predicted molar refractivity (Wildman–Crippen MR) is 80.4 cm³/mol. The van der Waals surface area contributed by atoms with Crippen molar-refractivity contribution in [3.63, 3.8) is 0 Å². The van der Waals surface area contributed by atoms with E-state index in [1.54, 1.807) is 0 Å². The first-order valence-corrected chi connectivity index (χ1v) is 7.76. The predicted octanol–water partition coefficient (Wildman–Crippen LogP) is 2.41. The number of carbonyl (C=O) groups is 1. The molecule has 0 radical (unpaired) electrons. The molecule has 2 atom stereocenters. The maximum atomic E-state index is 12.5. The molecule has 3 heteroatoms. The fourth-order valence-electron chi connectivity index (χ4n) is 3.89. The van der Waals surface area contributed by atoms with E-state index in [1.807, 2.05) is 6.07 Å². The molecule has 2 bridgehead atoms. The van der Waals surface area contributed by atoms with Crippen molar-refractivity contribution >= 4 is 5.91 Å². The van der Waals surface area contributed by atoms with Crippen molar-refractivity contribution in [2.45, 2.75) is 63.6 Å². The number of hydrogen-bond donors (Lipinski definition) is 1. The van der Waals surface area contributed by atoms with Crippen LogP contribution in [0, 0.1) is 6.92 Å². The molecule has 0 spiro atoms. The Hall–Kier alpha value is -1.35. The Morgan fingerprint density at radius 1 is 1.25 bits per heavy atom. The van der Waals surface area contributed by atoms with Crippen LogP contribution in [0.25, 0.3) is 0 Å². The summed E-state index contributed by atoms with van der Waals surface area (Å²) in [6, 6.07) is 9.46. The Morgan fingerprint density at radius 3 is 2.55 bits per heavy atom. The quantitative estimate of drug-likeness (QED) is 0.918. The summed E-state index contributed by atoms with van der Waals surface area (Å²) in [4.78, 5) is 14.7. The van der Waals surface area contributed by atoms with Gasteiger partial charge in [0.15, 0.2) is 0 Å². The highest BCUT2D eigenvalue weighted by Crippen LogP contribution is 2.35. The summed E-state index contributed by atoms with van der Waals surface area (Å²) in [6.45, 7) is 2.11. The molecule has 0 aliphatic carbocycles. The van der Waals surface area contributed by atoms with Gasteiger partial charge in [0.05, 0.1) is 0 Å². The van der Waals surface area contributed by atoms with Crippen LogP contribution in [0.1, 0.15) is 43.2 Å². The zero-order chi connectivity index (χ0) is 14.1. The standard InChI is InChI=1S/C17H24N2O/c1-12-4-2-3-5-13(12)6-9-17(20)19-15-7-8-16(19)11-14(18)10-15/h2-5,14-16H,6-11,18H2,1H3. The van der Waals surface area contributed by atoms with Crippen LogP contribution in [0.5, 0.6) is 0 Å². The maximum absolute atomic E-state index is 12.5. The Balaban J connectivity index is 1.62. The van der Waals surface area contributed by atoms with Crippen LogP contribution in [0.4, 0.5) is 0 Å². The molecule has 1 aromatic carbocycles. The van der Waals surface area contributed by atoms with E-state index in [1.165, 1.54) is 11.1 Å². The van der Waals surface area contributed by atoms with Crippen LogP contribution in [-0.4, -0.2) is 28.9 Å². The number of benzene rings is 1. The number of amides is 1. The number of hydrogen-bond acceptors (Lipinski definition) is 2. The minimum atomic E-state index is 0.299. The smallest absolute Gasteiger partial charge is 0.223 e. The summed E-state index contributed by atoms with van der Waals surface area (Å²) in [5, 5.41) is 0. The molecule has 20 heavy (non-hydrogen) atoms. The summed E-state index contributed by atoms with van der Waals surface area (Å²) in [5.74, 6) is 0.327. The fourth-order valence-corrected chi connectivity index (χ4v) is 3.89. The van der Waals surface area contributed by atoms with Gasteiger partial charge in [0.25, 0.3) is 0 Å². The summed E-state index contributed by atoms with van der Waals surface area (Å²) in [7, 11) is 0. The van der Waals surface area contributed by atoms with E-state index in [9.17, 15) is 4.79 Å². The van der Waals surface area contributed by atoms with Gasteiger partial charge in [-0.15, -0.1) is 0 Å². The molecule has 108 valence electrons. The summed E-state index contributed by atoms with van der Waals surface area (Å²) < 4.78 is 0. The third-order valence-electron chi connectivity index (χ3n) is 4.93. The van der Waals surface area contributed by atoms with E-state index in [-0.39, 0.29) is 0 Å². The van der Waals surface area contributed by atoms with Crippen LogP contribution >= 0.6 is 0 Å². The molecule has 2 unspecified atom stereocenters. The molecule has 3 rings (SSSR count). The normalized spacial score (nSPS) is 28.7. The molecule has 0 saturated carbocycles. The highest BCUT2D eigenvalue weighted by molar-refractivity contribution is 5.77. The lowest BCUT2D eigenvalue weighted by atomic mass is 9.97. The lowest BCUT2D eigenvalue weighted by Crippen LogP contribution is -2.50. The summed E-state index contributed by atoms with van der Waals surface area (Å²) in [5.41, 5.74) is 8.64. The average Bonchev–Trinajstić information content (AvgIpc) is 2.70. The molecule has 2 saturated heterocycles. The molecular formula is C17H24N2O. The molecule has 2 aliphatic rings. The van der Waals surface area contributed by atoms with Gasteiger partial charge in [0, 0.05) is 24.5 Å². The van der Waals surface area contributed by atoms with Crippen LogP contribution in [0.3, 0.4) is 0 Å². The first kappa shape index (κ1) is 13.6. The number of piperidine rings is 1. The monoisotopic (exact) mass is 272 g/mol. The van der Waals surface area contributed by atoms with Gasteiger partial charge >= 0.3 is 0 Å². The lowest BCUT2D eigenvalue weighted by Gasteiger charge is -2.37. The number of aryl methyl sites for hydroxylation is 2. The van der Waals surface area contributed by atoms with E-state index in [0.29, 0.717) is 30.5 Å². The second-order valence-corrected chi connectivity index (χ2v) is 6.34. The largest absolute Gasteiger partial charge is 0.337 e. The first-order chi connectivity index (χ1) is 9.65. The second kappa shape index (κ2) is 5.57. The lowest BCUT2D eigenvalue weighted by molar-refractivity contribution is -0.135. The Kier molecular flexibility index (Phi) is 3.79. The van der Waals surface area contributed by atoms with Crippen molar-refractivity contribution < 1.29 is 4.79 Å². The Labute approximate surface area is 121 Å². The van der Waals surface area contributed by atoms with Crippen molar-refractivity contribution in [1.82, 2.24) is 4.90 Å². The number of fused-ring (bicyclic) bond motifs is 2. The summed E-state index contributed by atoms with van der Waals surface area (Å²) >= 11 is 0. The number of rotatable bonds is 3. The van der Waals surface area contributed by atoms with Crippen LogP contribution < -0.4 is 5.73 Å². The maximum Gasteiger partial charge on any atom is 0.223 e. The van der Waals surface area contributed by atoms with Gasteiger partial charge in [-0.3, -0.25) is 4.79 Å². The van der Waals surface area contributed by atoms with Crippen LogP contribution in [0.15, 0.2) is 24.3 Å². The van der Waals surface area contributed by atoms with Crippen molar-refractivity contribution in [3.05, 3.63) is 35.4 Å². The van der Waals surface area contributed by atoms with Crippen molar-refractivity contribution in [1.29, 1.82) is 0 Å². The Morgan fingerprint density at radius 2 is 1.90 bits per heavy atom. The number of nitrogens with two attached hydrogens (primary N) is 1. The van der Waals surface area contributed by atoms with Crippen LogP contribution in [-0.2, 0) is 11.2 Å². The van der Waals surface area contributed by atoms with Gasteiger partial charge in [-0.25, -0.2) is 0 Å². The van der Waals surface area contributed by atoms with Crippen molar-refractivity contribution in [2.75, 3.05) is 0 Å². The summed E-state index contributed by atoms with van der Waals surface area (Å²) in [6.07, 6.45) is 5.77. The molecule has 2 aliphatic heterocycles. The van der Waals surface area contributed by atoms with Gasteiger partial charge in [-0.05, 0) is 50.2 Å². The Bertz CT molecular complexity index is 486. The van der Waals surface area contributed by atoms with E-state index in [0.717, 1.165) is 32.1 Å². The first-order valence-electron chi connectivity index (χ1n) is 7.76. The minimum Gasteiger partial charge on any atom is -0.337 e. The van der Waals surface area contributed by atoms with Gasteiger partial charge < -0.3 is 10.6 Å². The van der Waals surface area contributed by atoms with Crippen LogP contribution in [0.2, 0.25) is 0 Å². The topological polar surface area (TPSA) is 46.3 Å². The molecule has 0 aromatic heterocycles. The van der Waals surface area contributed by atoms with Gasteiger partial charge in [-0.1, -0.05) is 24.3 Å².